The molecule has 0 bridgehead atoms. The third-order valence-electron chi connectivity index (χ3n) is 1.87. The van der Waals surface area contributed by atoms with E-state index >= 15 is 0 Å². The predicted molar refractivity (Wildman–Crippen MR) is 48.7 cm³/mol. The van der Waals surface area contributed by atoms with E-state index < -0.39 is 0 Å². The van der Waals surface area contributed by atoms with Crippen LogP contribution in [0.3, 0.4) is 0 Å². The molecule has 0 spiro atoms. The fourth-order valence-corrected chi connectivity index (χ4v) is 1.17. The van der Waals surface area contributed by atoms with Crippen molar-refractivity contribution in [2.24, 2.45) is 0 Å². The molecule has 0 saturated carbocycles. The molecule has 0 aromatic heterocycles. The lowest BCUT2D eigenvalue weighted by Crippen LogP contribution is -1.91. The number of methoxy groups -OCH3 is 1. The zero-order valence-electron chi connectivity index (χ0n) is 7.66. The van der Waals surface area contributed by atoms with Crippen molar-refractivity contribution >= 4 is 0 Å². The van der Waals surface area contributed by atoms with Crippen molar-refractivity contribution in [2.75, 3.05) is 7.11 Å². The highest BCUT2D eigenvalue weighted by atomic mass is 16.5. The monoisotopic (exact) mass is 166 g/mol. The van der Waals surface area contributed by atoms with Crippen molar-refractivity contribution in [1.82, 2.24) is 0 Å². The van der Waals surface area contributed by atoms with E-state index in [1.807, 2.05) is 26.0 Å². The summed E-state index contributed by atoms with van der Waals surface area (Å²) < 4.78 is 4.99. The number of rotatable bonds is 2. The molecule has 0 fully saturated rings. The molecule has 0 amide bonds. The van der Waals surface area contributed by atoms with Gasteiger partial charge in [0, 0.05) is 5.56 Å². The van der Waals surface area contributed by atoms with Gasteiger partial charge in [-0.1, -0.05) is 26.0 Å². The lowest BCUT2D eigenvalue weighted by molar-refractivity contribution is 0.369. The minimum Gasteiger partial charge on any atom is -0.504 e. The van der Waals surface area contributed by atoms with Gasteiger partial charge >= 0.3 is 0 Å². The fourth-order valence-electron chi connectivity index (χ4n) is 1.17. The summed E-state index contributed by atoms with van der Waals surface area (Å²) in [6, 6.07) is 5.54. The van der Waals surface area contributed by atoms with Crippen LogP contribution >= 0.6 is 0 Å². The smallest absolute Gasteiger partial charge is 0.161 e. The Morgan fingerprint density at radius 2 is 2.00 bits per heavy atom. The SMILES string of the molecule is COc1cccc(C(C)C)c1O. The lowest BCUT2D eigenvalue weighted by atomic mass is 10.0. The number of phenolic OH excluding ortho intramolecular Hbond substituents is 1. The standard InChI is InChI=1S/C10H14O2/c1-7(2)8-5-4-6-9(12-3)10(8)11/h4-7,11H,1-3H3. The molecular formula is C10H14O2. The summed E-state index contributed by atoms with van der Waals surface area (Å²) in [5, 5.41) is 9.63. The molecule has 2 nitrogen and oxygen atoms in total. The van der Waals surface area contributed by atoms with Crippen LogP contribution in [0.1, 0.15) is 25.3 Å². The van der Waals surface area contributed by atoms with Crippen LogP contribution in [-0.4, -0.2) is 12.2 Å². The summed E-state index contributed by atoms with van der Waals surface area (Å²) in [5.41, 5.74) is 0.925. The molecular weight excluding hydrogens is 152 g/mol. The molecule has 1 aromatic rings. The molecule has 0 unspecified atom stereocenters. The van der Waals surface area contributed by atoms with E-state index in [4.69, 9.17) is 4.74 Å². The van der Waals surface area contributed by atoms with Gasteiger partial charge < -0.3 is 9.84 Å². The average molecular weight is 166 g/mol. The molecule has 0 aliphatic carbocycles. The minimum absolute atomic E-state index is 0.259. The first kappa shape index (κ1) is 8.91. The minimum atomic E-state index is 0.259. The highest BCUT2D eigenvalue weighted by Crippen LogP contribution is 2.33. The van der Waals surface area contributed by atoms with Gasteiger partial charge in [-0.15, -0.1) is 0 Å². The second kappa shape index (κ2) is 3.48. The van der Waals surface area contributed by atoms with E-state index in [1.165, 1.54) is 0 Å². The van der Waals surface area contributed by atoms with Gasteiger partial charge in [-0.05, 0) is 12.0 Å². The first-order valence-corrected chi connectivity index (χ1v) is 4.02. The summed E-state index contributed by atoms with van der Waals surface area (Å²) in [4.78, 5) is 0. The Kier molecular flexibility index (Phi) is 2.58. The number of hydrogen-bond acceptors (Lipinski definition) is 2. The second-order valence-corrected chi connectivity index (χ2v) is 3.05. The number of para-hydroxylation sites is 1. The Morgan fingerprint density at radius 1 is 1.33 bits per heavy atom. The second-order valence-electron chi connectivity index (χ2n) is 3.05. The van der Waals surface area contributed by atoms with Crippen LogP contribution < -0.4 is 4.74 Å². The maximum absolute atomic E-state index is 9.63. The Bertz CT molecular complexity index is 267. The summed E-state index contributed by atoms with van der Waals surface area (Å²) in [6.45, 7) is 4.07. The molecule has 1 N–H and O–H groups in total. The van der Waals surface area contributed by atoms with Gasteiger partial charge in [0.1, 0.15) is 0 Å². The van der Waals surface area contributed by atoms with E-state index in [-0.39, 0.29) is 5.75 Å². The van der Waals surface area contributed by atoms with Gasteiger partial charge in [0.2, 0.25) is 0 Å². The van der Waals surface area contributed by atoms with Crippen molar-refractivity contribution in [2.45, 2.75) is 19.8 Å². The predicted octanol–water partition coefficient (Wildman–Crippen LogP) is 2.52. The molecule has 12 heavy (non-hydrogen) atoms. The van der Waals surface area contributed by atoms with Crippen LogP contribution in [0.15, 0.2) is 18.2 Å². The zero-order valence-corrected chi connectivity index (χ0v) is 7.66. The quantitative estimate of drug-likeness (QED) is 0.731. The van der Waals surface area contributed by atoms with Crippen LogP contribution in [0.4, 0.5) is 0 Å². The molecule has 0 heterocycles. The van der Waals surface area contributed by atoms with Crippen LogP contribution in [-0.2, 0) is 0 Å². The van der Waals surface area contributed by atoms with Gasteiger partial charge in [-0.2, -0.15) is 0 Å². The molecule has 2 heteroatoms. The molecule has 0 aliphatic rings. The van der Waals surface area contributed by atoms with Gasteiger partial charge in [-0.25, -0.2) is 0 Å². The van der Waals surface area contributed by atoms with Crippen molar-refractivity contribution in [3.05, 3.63) is 23.8 Å². The fraction of sp³-hybridized carbons (Fsp3) is 0.400. The number of ether oxygens (including phenoxy) is 1. The van der Waals surface area contributed by atoms with Crippen molar-refractivity contribution < 1.29 is 9.84 Å². The zero-order chi connectivity index (χ0) is 9.14. The van der Waals surface area contributed by atoms with Gasteiger partial charge in [0.05, 0.1) is 7.11 Å². The molecule has 0 aliphatic heterocycles. The molecule has 0 atom stereocenters. The summed E-state index contributed by atoms with van der Waals surface area (Å²) in [6.07, 6.45) is 0. The van der Waals surface area contributed by atoms with Crippen LogP contribution in [0, 0.1) is 0 Å². The van der Waals surface area contributed by atoms with Crippen LogP contribution in [0.5, 0.6) is 11.5 Å². The van der Waals surface area contributed by atoms with E-state index in [9.17, 15) is 5.11 Å². The summed E-state index contributed by atoms with van der Waals surface area (Å²) in [7, 11) is 1.55. The third-order valence-corrected chi connectivity index (χ3v) is 1.87. The van der Waals surface area contributed by atoms with Crippen LogP contribution in [0.2, 0.25) is 0 Å². The largest absolute Gasteiger partial charge is 0.504 e. The molecule has 0 radical (unpaired) electrons. The maximum atomic E-state index is 9.63. The molecule has 66 valence electrons. The Labute approximate surface area is 72.8 Å². The average Bonchev–Trinajstić information content (AvgIpc) is 2.04. The van der Waals surface area contributed by atoms with E-state index in [0.29, 0.717) is 11.7 Å². The Balaban J connectivity index is 3.14. The van der Waals surface area contributed by atoms with E-state index in [1.54, 1.807) is 13.2 Å². The summed E-state index contributed by atoms with van der Waals surface area (Å²) >= 11 is 0. The highest BCUT2D eigenvalue weighted by molar-refractivity contribution is 5.46. The van der Waals surface area contributed by atoms with E-state index in [0.717, 1.165) is 5.56 Å². The molecule has 0 saturated heterocycles. The Hall–Kier alpha value is -1.18. The van der Waals surface area contributed by atoms with Crippen molar-refractivity contribution in [3.8, 4) is 11.5 Å². The number of phenols is 1. The van der Waals surface area contributed by atoms with Crippen LogP contribution in [0.25, 0.3) is 0 Å². The van der Waals surface area contributed by atoms with Gasteiger partial charge in [0.15, 0.2) is 11.5 Å². The van der Waals surface area contributed by atoms with Gasteiger partial charge in [-0.3, -0.25) is 0 Å². The molecule has 1 rings (SSSR count). The maximum Gasteiger partial charge on any atom is 0.161 e. The molecule has 1 aromatic carbocycles. The lowest BCUT2D eigenvalue weighted by Gasteiger charge is -2.10. The van der Waals surface area contributed by atoms with Crippen molar-refractivity contribution in [1.29, 1.82) is 0 Å². The topological polar surface area (TPSA) is 29.5 Å². The highest BCUT2D eigenvalue weighted by Gasteiger charge is 2.09. The van der Waals surface area contributed by atoms with Crippen molar-refractivity contribution in [3.63, 3.8) is 0 Å². The normalized spacial score (nSPS) is 10.3. The Morgan fingerprint density at radius 3 is 2.50 bits per heavy atom. The van der Waals surface area contributed by atoms with Gasteiger partial charge in [0.25, 0.3) is 0 Å². The first-order chi connectivity index (χ1) is 5.66. The number of hydrogen-bond donors (Lipinski definition) is 1. The summed E-state index contributed by atoms with van der Waals surface area (Å²) in [5.74, 6) is 1.12. The third kappa shape index (κ3) is 1.52. The van der Waals surface area contributed by atoms with E-state index in [2.05, 4.69) is 0 Å². The first-order valence-electron chi connectivity index (χ1n) is 4.02. The number of benzene rings is 1. The number of aromatic hydroxyl groups is 1.